The molecule has 0 bridgehead atoms. The second-order valence-electron chi connectivity index (χ2n) is 7.74. The first-order valence-electron chi connectivity index (χ1n) is 11.2. The summed E-state index contributed by atoms with van der Waals surface area (Å²) < 4.78 is 4.86. The van der Waals surface area contributed by atoms with Crippen LogP contribution in [0.1, 0.15) is 110 Å². The number of hydrogen-bond donors (Lipinski definition) is 0. The van der Waals surface area contributed by atoms with Crippen LogP contribution in [0.5, 0.6) is 0 Å². The highest BCUT2D eigenvalue weighted by atomic mass is 16.5. The molecule has 1 saturated heterocycles. The lowest BCUT2D eigenvalue weighted by Crippen LogP contribution is -2.43. The summed E-state index contributed by atoms with van der Waals surface area (Å²) in [4.78, 5) is 24.8. The largest absolute Gasteiger partial charge is 0.462 e. The van der Waals surface area contributed by atoms with Crippen molar-refractivity contribution in [3.05, 3.63) is 0 Å². The molecule has 0 aromatic heterocycles. The molecule has 0 N–H and O–H groups in total. The molecule has 1 heterocycles. The highest BCUT2D eigenvalue weighted by Crippen LogP contribution is 2.14. The lowest BCUT2D eigenvalue weighted by atomic mass is 10.0. The first-order chi connectivity index (χ1) is 12.7. The molecule has 1 fully saturated rings. The first kappa shape index (κ1) is 23.0. The zero-order valence-corrected chi connectivity index (χ0v) is 17.1. The van der Waals surface area contributed by atoms with E-state index in [-0.39, 0.29) is 18.4 Å². The second-order valence-corrected chi connectivity index (χ2v) is 7.74. The standard InChI is InChI=1S/C22H41NO3/c1-2-3-4-5-6-7-8-9-10-11-12-13-14-15-16-17-21(24)23-18-19-26-22(25)20-23/h2-20H2,1H3. The number of carbonyl (C=O) groups excluding carboxylic acids is 2. The van der Waals surface area contributed by atoms with Gasteiger partial charge in [0.25, 0.3) is 0 Å². The maximum Gasteiger partial charge on any atom is 0.325 e. The van der Waals surface area contributed by atoms with Gasteiger partial charge in [0.1, 0.15) is 13.2 Å². The van der Waals surface area contributed by atoms with E-state index in [9.17, 15) is 9.59 Å². The van der Waals surface area contributed by atoms with E-state index in [0.29, 0.717) is 19.6 Å². The summed E-state index contributed by atoms with van der Waals surface area (Å²) in [5.74, 6) is -0.169. The van der Waals surface area contributed by atoms with Gasteiger partial charge in [0.15, 0.2) is 0 Å². The number of esters is 1. The first-order valence-corrected chi connectivity index (χ1v) is 11.2. The summed E-state index contributed by atoms with van der Waals surface area (Å²) in [7, 11) is 0. The van der Waals surface area contributed by atoms with E-state index in [1.807, 2.05) is 0 Å². The molecule has 0 atom stereocenters. The van der Waals surface area contributed by atoms with E-state index in [0.717, 1.165) is 12.8 Å². The third-order valence-electron chi connectivity index (χ3n) is 5.29. The van der Waals surface area contributed by atoms with Gasteiger partial charge in [-0.1, -0.05) is 96.8 Å². The fraction of sp³-hybridized carbons (Fsp3) is 0.909. The average Bonchev–Trinajstić information content (AvgIpc) is 2.64. The Hall–Kier alpha value is -1.06. The fourth-order valence-electron chi connectivity index (χ4n) is 3.57. The number of rotatable bonds is 16. The van der Waals surface area contributed by atoms with Gasteiger partial charge in [0.05, 0.1) is 6.54 Å². The molecule has 0 radical (unpaired) electrons. The van der Waals surface area contributed by atoms with Gasteiger partial charge in [0, 0.05) is 6.42 Å². The number of ether oxygens (including phenoxy) is 1. The molecular weight excluding hydrogens is 326 g/mol. The second kappa shape index (κ2) is 16.1. The Morgan fingerprint density at radius 1 is 0.808 bits per heavy atom. The van der Waals surface area contributed by atoms with Crippen molar-refractivity contribution in [3.63, 3.8) is 0 Å². The number of carbonyl (C=O) groups is 2. The van der Waals surface area contributed by atoms with E-state index < -0.39 is 0 Å². The summed E-state index contributed by atoms with van der Waals surface area (Å²) >= 11 is 0. The summed E-state index contributed by atoms with van der Waals surface area (Å²) in [6, 6.07) is 0. The molecule has 152 valence electrons. The number of morpholine rings is 1. The lowest BCUT2D eigenvalue weighted by molar-refractivity contribution is -0.156. The number of unbranched alkanes of at least 4 members (excludes halogenated alkanes) is 14. The Morgan fingerprint density at radius 3 is 1.73 bits per heavy atom. The number of nitrogens with zero attached hydrogens (tertiary/aromatic N) is 1. The number of amides is 1. The van der Waals surface area contributed by atoms with Crippen molar-refractivity contribution in [2.75, 3.05) is 19.7 Å². The topological polar surface area (TPSA) is 46.6 Å². The molecule has 26 heavy (non-hydrogen) atoms. The molecule has 1 aliphatic rings. The molecule has 0 unspecified atom stereocenters. The van der Waals surface area contributed by atoms with E-state index >= 15 is 0 Å². The smallest absolute Gasteiger partial charge is 0.325 e. The summed E-state index contributed by atoms with van der Waals surface area (Å²) in [6.07, 6.45) is 20.5. The maximum absolute atomic E-state index is 12.0. The minimum Gasteiger partial charge on any atom is -0.462 e. The van der Waals surface area contributed by atoms with Gasteiger partial charge in [-0.3, -0.25) is 9.59 Å². The Bertz CT molecular complexity index is 370. The van der Waals surface area contributed by atoms with Gasteiger partial charge in [0.2, 0.25) is 5.91 Å². The van der Waals surface area contributed by atoms with Crippen molar-refractivity contribution >= 4 is 11.9 Å². The van der Waals surface area contributed by atoms with Crippen LogP contribution in [0.4, 0.5) is 0 Å². The molecule has 0 aromatic rings. The normalized spacial score (nSPS) is 14.5. The monoisotopic (exact) mass is 367 g/mol. The van der Waals surface area contributed by atoms with Crippen LogP contribution in [-0.4, -0.2) is 36.5 Å². The average molecular weight is 368 g/mol. The van der Waals surface area contributed by atoms with Crippen LogP contribution < -0.4 is 0 Å². The van der Waals surface area contributed by atoms with Crippen LogP contribution in [0.15, 0.2) is 0 Å². The summed E-state index contributed by atoms with van der Waals surface area (Å²) in [6.45, 7) is 3.32. The van der Waals surface area contributed by atoms with Crippen molar-refractivity contribution in [1.29, 1.82) is 0 Å². The van der Waals surface area contributed by atoms with E-state index in [1.165, 1.54) is 83.5 Å². The quantitative estimate of drug-likeness (QED) is 0.262. The highest BCUT2D eigenvalue weighted by molar-refractivity contribution is 5.82. The van der Waals surface area contributed by atoms with Crippen LogP contribution in [0.2, 0.25) is 0 Å². The molecule has 1 aliphatic heterocycles. The van der Waals surface area contributed by atoms with Gasteiger partial charge < -0.3 is 9.64 Å². The molecule has 4 nitrogen and oxygen atoms in total. The molecule has 4 heteroatoms. The van der Waals surface area contributed by atoms with Crippen LogP contribution in [0.3, 0.4) is 0 Å². The van der Waals surface area contributed by atoms with Crippen LogP contribution in [0, 0.1) is 0 Å². The van der Waals surface area contributed by atoms with Gasteiger partial charge in [-0.25, -0.2) is 0 Å². The Balaban J connectivity index is 1.78. The van der Waals surface area contributed by atoms with Gasteiger partial charge in [-0.05, 0) is 6.42 Å². The van der Waals surface area contributed by atoms with Crippen molar-refractivity contribution in [1.82, 2.24) is 4.90 Å². The van der Waals surface area contributed by atoms with Crippen LogP contribution in [-0.2, 0) is 14.3 Å². The predicted octanol–water partition coefficient (Wildman–Crippen LogP) is 5.63. The number of hydrogen-bond acceptors (Lipinski definition) is 3. The minimum atomic E-state index is -0.277. The van der Waals surface area contributed by atoms with Crippen molar-refractivity contribution in [2.24, 2.45) is 0 Å². The van der Waals surface area contributed by atoms with Gasteiger partial charge in [-0.2, -0.15) is 0 Å². The molecule has 0 aromatic carbocycles. The molecule has 1 rings (SSSR count). The minimum absolute atomic E-state index is 0.108. The third-order valence-corrected chi connectivity index (χ3v) is 5.29. The Labute approximate surface area is 161 Å². The van der Waals surface area contributed by atoms with Gasteiger partial charge in [-0.15, -0.1) is 0 Å². The SMILES string of the molecule is CCCCCCCCCCCCCCCCCC(=O)N1CCOC(=O)C1. The predicted molar refractivity (Wildman–Crippen MR) is 107 cm³/mol. The highest BCUT2D eigenvalue weighted by Gasteiger charge is 2.21. The number of cyclic esters (lactones) is 1. The molecule has 0 spiro atoms. The lowest BCUT2D eigenvalue weighted by Gasteiger charge is -2.25. The van der Waals surface area contributed by atoms with Crippen molar-refractivity contribution < 1.29 is 14.3 Å². The van der Waals surface area contributed by atoms with Gasteiger partial charge >= 0.3 is 5.97 Å². The van der Waals surface area contributed by atoms with Crippen LogP contribution >= 0.6 is 0 Å². The Kier molecular flexibility index (Phi) is 14.3. The zero-order valence-electron chi connectivity index (χ0n) is 17.1. The third kappa shape index (κ3) is 12.3. The van der Waals surface area contributed by atoms with E-state index in [2.05, 4.69) is 6.92 Å². The molecule has 1 amide bonds. The van der Waals surface area contributed by atoms with E-state index in [4.69, 9.17) is 4.74 Å². The maximum atomic E-state index is 12.0. The summed E-state index contributed by atoms with van der Waals surface area (Å²) in [5, 5.41) is 0. The molecule has 0 aliphatic carbocycles. The zero-order chi connectivity index (χ0) is 18.9. The van der Waals surface area contributed by atoms with Crippen molar-refractivity contribution in [3.8, 4) is 0 Å². The fourth-order valence-corrected chi connectivity index (χ4v) is 3.57. The Morgan fingerprint density at radius 2 is 1.27 bits per heavy atom. The van der Waals surface area contributed by atoms with Crippen molar-refractivity contribution in [2.45, 2.75) is 110 Å². The summed E-state index contributed by atoms with van der Waals surface area (Å²) in [5.41, 5.74) is 0. The molecule has 0 saturated carbocycles. The van der Waals surface area contributed by atoms with Crippen LogP contribution in [0.25, 0.3) is 0 Å². The van der Waals surface area contributed by atoms with E-state index in [1.54, 1.807) is 4.90 Å². The molecular formula is C22H41NO3.